The lowest BCUT2D eigenvalue weighted by molar-refractivity contribution is -0.136. The molecule has 0 aliphatic carbocycles. The van der Waals surface area contributed by atoms with E-state index in [9.17, 15) is 9.59 Å². The average molecular weight is 245 g/mol. The minimum absolute atomic E-state index is 0.403. The number of Topliss-reactive ketones (excluding diaryl/α,β-unsaturated/α-hetero) is 1. The zero-order valence-electron chi connectivity index (χ0n) is 11.3. The van der Waals surface area contributed by atoms with E-state index < -0.39 is 17.2 Å². The van der Waals surface area contributed by atoms with Gasteiger partial charge in [0.15, 0.2) is 0 Å². The Morgan fingerprint density at radius 1 is 1.11 bits per heavy atom. The minimum Gasteiger partial charge on any atom is -0.345 e. The van der Waals surface area contributed by atoms with E-state index >= 15 is 0 Å². The lowest BCUT2D eigenvalue weighted by atomic mass is 10.1. The summed E-state index contributed by atoms with van der Waals surface area (Å²) in [7, 11) is 0. The zero-order chi connectivity index (χ0) is 13.8. The maximum absolute atomic E-state index is 11.8. The van der Waals surface area contributed by atoms with Crippen LogP contribution in [-0.2, 0) is 9.59 Å². The first kappa shape index (κ1) is 14.2. The average Bonchev–Trinajstić information content (AvgIpc) is 2.27. The van der Waals surface area contributed by atoms with Gasteiger partial charge in [0, 0.05) is 11.1 Å². The minimum atomic E-state index is -0.563. The monoisotopic (exact) mass is 245 g/mol. The first-order chi connectivity index (χ1) is 8.29. The molecule has 0 aliphatic heterocycles. The van der Waals surface area contributed by atoms with Crippen LogP contribution in [0.2, 0.25) is 0 Å². The molecule has 1 amide bonds. The number of carbonyl (C=O) groups is 2. The third-order valence-corrected chi connectivity index (χ3v) is 2.24. The van der Waals surface area contributed by atoms with Crippen LogP contribution in [0.4, 0.5) is 0 Å². The number of benzene rings is 1. The summed E-state index contributed by atoms with van der Waals surface area (Å²) in [4.78, 5) is 23.5. The molecule has 0 radical (unpaired) electrons. The largest absolute Gasteiger partial charge is 0.345 e. The molecule has 3 nitrogen and oxygen atoms in total. The molecule has 0 aliphatic rings. The Kier molecular flexibility index (Phi) is 4.43. The van der Waals surface area contributed by atoms with E-state index in [1.54, 1.807) is 13.0 Å². The Labute approximate surface area is 108 Å². The molecule has 1 aromatic rings. The second kappa shape index (κ2) is 5.63. The summed E-state index contributed by atoms with van der Waals surface area (Å²) >= 11 is 0. The van der Waals surface area contributed by atoms with Gasteiger partial charge in [-0.25, -0.2) is 0 Å². The van der Waals surface area contributed by atoms with Gasteiger partial charge in [0.1, 0.15) is 0 Å². The molecule has 18 heavy (non-hydrogen) atoms. The van der Waals surface area contributed by atoms with E-state index in [0.717, 1.165) is 5.56 Å². The predicted molar refractivity (Wildman–Crippen MR) is 73.0 cm³/mol. The quantitative estimate of drug-likeness (QED) is 0.657. The van der Waals surface area contributed by atoms with E-state index in [1.807, 2.05) is 51.1 Å². The van der Waals surface area contributed by atoms with Crippen LogP contribution < -0.4 is 5.32 Å². The van der Waals surface area contributed by atoms with Gasteiger partial charge in [-0.1, -0.05) is 30.3 Å². The molecule has 0 heterocycles. The van der Waals surface area contributed by atoms with Gasteiger partial charge in [0.2, 0.25) is 5.78 Å². The van der Waals surface area contributed by atoms with Crippen molar-refractivity contribution in [2.75, 3.05) is 0 Å². The van der Waals surface area contributed by atoms with Crippen LogP contribution in [0.5, 0.6) is 0 Å². The van der Waals surface area contributed by atoms with Crippen molar-refractivity contribution in [1.82, 2.24) is 5.32 Å². The number of ketones is 1. The molecule has 0 spiro atoms. The zero-order valence-corrected chi connectivity index (χ0v) is 11.3. The highest BCUT2D eigenvalue weighted by Crippen LogP contribution is 2.08. The summed E-state index contributed by atoms with van der Waals surface area (Å²) < 4.78 is 0. The standard InChI is InChI=1S/C15H19NO2/c1-11(10-12-8-6-5-7-9-12)13(17)14(18)16-15(2,3)4/h5-10H,1-4H3,(H,16,18)/b11-10+. The molecular weight excluding hydrogens is 226 g/mol. The molecule has 96 valence electrons. The first-order valence-electron chi connectivity index (χ1n) is 5.90. The Balaban J connectivity index is 2.79. The van der Waals surface area contributed by atoms with Crippen LogP contribution in [0, 0.1) is 0 Å². The topological polar surface area (TPSA) is 46.2 Å². The third kappa shape index (κ3) is 4.53. The van der Waals surface area contributed by atoms with Crippen LogP contribution in [-0.4, -0.2) is 17.2 Å². The van der Waals surface area contributed by atoms with E-state index in [1.165, 1.54) is 0 Å². The molecule has 1 rings (SSSR count). The SMILES string of the molecule is C/C(=C\c1ccccc1)C(=O)C(=O)NC(C)(C)C. The number of hydrogen-bond donors (Lipinski definition) is 1. The summed E-state index contributed by atoms with van der Waals surface area (Å²) in [5.41, 5.74) is 0.939. The van der Waals surface area contributed by atoms with Crippen LogP contribution in [0.3, 0.4) is 0 Å². The summed E-state index contributed by atoms with van der Waals surface area (Å²) in [6, 6.07) is 9.45. The number of amides is 1. The molecule has 0 unspecified atom stereocenters. The number of nitrogens with one attached hydrogen (secondary N) is 1. The molecule has 0 bridgehead atoms. The highest BCUT2D eigenvalue weighted by atomic mass is 16.2. The Morgan fingerprint density at radius 2 is 1.67 bits per heavy atom. The number of carbonyl (C=O) groups excluding carboxylic acids is 2. The molecule has 0 atom stereocenters. The number of hydrogen-bond acceptors (Lipinski definition) is 2. The second-order valence-electron chi connectivity index (χ2n) is 5.27. The number of rotatable bonds is 3. The normalized spacial score (nSPS) is 12.1. The molecule has 0 aromatic heterocycles. The van der Waals surface area contributed by atoms with Gasteiger partial charge in [0.05, 0.1) is 0 Å². The van der Waals surface area contributed by atoms with Crippen LogP contribution in [0.1, 0.15) is 33.3 Å². The smallest absolute Gasteiger partial charge is 0.292 e. The third-order valence-electron chi connectivity index (χ3n) is 2.24. The van der Waals surface area contributed by atoms with E-state index in [-0.39, 0.29) is 0 Å². The Hall–Kier alpha value is -1.90. The summed E-state index contributed by atoms with van der Waals surface area (Å²) in [6.07, 6.45) is 1.71. The molecule has 0 saturated heterocycles. The fourth-order valence-electron chi connectivity index (χ4n) is 1.44. The van der Waals surface area contributed by atoms with Gasteiger partial charge in [-0.3, -0.25) is 9.59 Å². The lowest BCUT2D eigenvalue weighted by Gasteiger charge is -2.19. The molecular formula is C15H19NO2. The van der Waals surface area contributed by atoms with Crippen LogP contribution >= 0.6 is 0 Å². The second-order valence-corrected chi connectivity index (χ2v) is 5.27. The van der Waals surface area contributed by atoms with Crippen molar-refractivity contribution >= 4 is 17.8 Å². The molecule has 1 N–H and O–H groups in total. The maximum atomic E-state index is 11.8. The molecule has 0 saturated carbocycles. The molecule has 1 aromatic carbocycles. The van der Waals surface area contributed by atoms with Crippen molar-refractivity contribution in [2.45, 2.75) is 33.2 Å². The lowest BCUT2D eigenvalue weighted by Crippen LogP contribution is -2.44. The van der Waals surface area contributed by atoms with E-state index in [4.69, 9.17) is 0 Å². The van der Waals surface area contributed by atoms with Gasteiger partial charge in [-0.2, -0.15) is 0 Å². The maximum Gasteiger partial charge on any atom is 0.292 e. The van der Waals surface area contributed by atoms with E-state index in [2.05, 4.69) is 5.32 Å². The van der Waals surface area contributed by atoms with Crippen molar-refractivity contribution in [3.8, 4) is 0 Å². The molecule has 3 heteroatoms. The molecule has 0 fully saturated rings. The Bertz CT molecular complexity index is 467. The fourth-order valence-corrected chi connectivity index (χ4v) is 1.44. The summed E-state index contributed by atoms with van der Waals surface area (Å²) in [6.45, 7) is 7.18. The highest BCUT2D eigenvalue weighted by molar-refractivity contribution is 6.43. The van der Waals surface area contributed by atoms with Gasteiger partial charge >= 0.3 is 0 Å². The summed E-state index contributed by atoms with van der Waals surface area (Å²) in [5, 5.41) is 2.66. The van der Waals surface area contributed by atoms with Gasteiger partial charge in [0.25, 0.3) is 5.91 Å². The van der Waals surface area contributed by atoms with Gasteiger partial charge < -0.3 is 5.32 Å². The van der Waals surface area contributed by atoms with E-state index in [0.29, 0.717) is 5.57 Å². The predicted octanol–water partition coefficient (Wildman–Crippen LogP) is 2.57. The van der Waals surface area contributed by atoms with Gasteiger partial charge in [-0.05, 0) is 39.3 Å². The summed E-state index contributed by atoms with van der Waals surface area (Å²) in [5.74, 6) is -1.05. The van der Waals surface area contributed by atoms with Crippen molar-refractivity contribution in [3.63, 3.8) is 0 Å². The van der Waals surface area contributed by atoms with Crippen LogP contribution in [0.15, 0.2) is 35.9 Å². The van der Waals surface area contributed by atoms with Crippen molar-refractivity contribution in [1.29, 1.82) is 0 Å². The van der Waals surface area contributed by atoms with Crippen LogP contribution in [0.25, 0.3) is 6.08 Å². The fraction of sp³-hybridized carbons (Fsp3) is 0.333. The van der Waals surface area contributed by atoms with Crippen molar-refractivity contribution < 1.29 is 9.59 Å². The Morgan fingerprint density at radius 3 is 2.17 bits per heavy atom. The highest BCUT2D eigenvalue weighted by Gasteiger charge is 2.21. The first-order valence-corrected chi connectivity index (χ1v) is 5.90. The van der Waals surface area contributed by atoms with Crippen molar-refractivity contribution in [2.24, 2.45) is 0 Å². The van der Waals surface area contributed by atoms with Gasteiger partial charge in [-0.15, -0.1) is 0 Å². The van der Waals surface area contributed by atoms with Crippen molar-refractivity contribution in [3.05, 3.63) is 41.5 Å².